The summed E-state index contributed by atoms with van der Waals surface area (Å²) in [5.41, 5.74) is 7.52. The molecule has 18 heavy (non-hydrogen) atoms. The van der Waals surface area contributed by atoms with Crippen molar-refractivity contribution in [1.29, 1.82) is 0 Å². The Morgan fingerprint density at radius 2 is 2.11 bits per heavy atom. The third-order valence-corrected chi connectivity index (χ3v) is 4.81. The Morgan fingerprint density at radius 1 is 1.39 bits per heavy atom. The summed E-state index contributed by atoms with van der Waals surface area (Å²) in [4.78, 5) is 0. The van der Waals surface area contributed by atoms with Crippen molar-refractivity contribution in [3.63, 3.8) is 0 Å². The smallest absolute Gasteiger partial charge is 0.138 e. The lowest BCUT2D eigenvalue weighted by molar-refractivity contribution is 0.120. The molecular weight excluding hydrogens is 246 g/mol. The third-order valence-electron chi connectivity index (χ3n) is 4.51. The molecule has 3 heteroatoms. The highest BCUT2D eigenvalue weighted by Gasteiger charge is 2.47. The minimum absolute atomic E-state index is 0.165. The Hall–Kier alpha value is -0.730. The van der Waals surface area contributed by atoms with Crippen molar-refractivity contribution in [2.75, 3.05) is 0 Å². The summed E-state index contributed by atoms with van der Waals surface area (Å²) in [7, 11) is 0. The molecule has 1 aromatic carbocycles. The molecule has 0 spiro atoms. The molecule has 2 saturated carbocycles. The number of hydrogen-bond acceptors (Lipinski definition) is 2. The van der Waals surface area contributed by atoms with Gasteiger partial charge in [-0.25, -0.2) is 0 Å². The van der Waals surface area contributed by atoms with Gasteiger partial charge in [0.2, 0.25) is 0 Å². The average Bonchev–Trinajstić information content (AvgIpc) is 3.06. The molecule has 1 atom stereocenters. The summed E-state index contributed by atoms with van der Waals surface area (Å²) in [5, 5.41) is 0.728. The summed E-state index contributed by atoms with van der Waals surface area (Å²) >= 11 is 6.33. The lowest BCUT2D eigenvalue weighted by Gasteiger charge is -2.27. The number of benzene rings is 1. The Kier molecular flexibility index (Phi) is 3.03. The van der Waals surface area contributed by atoms with Gasteiger partial charge in [0.25, 0.3) is 0 Å². The van der Waals surface area contributed by atoms with Crippen LogP contribution in [0, 0.1) is 0 Å². The van der Waals surface area contributed by atoms with Crippen LogP contribution in [0.1, 0.15) is 44.6 Å². The molecule has 2 aliphatic rings. The Morgan fingerprint density at radius 3 is 2.56 bits per heavy atom. The van der Waals surface area contributed by atoms with Crippen molar-refractivity contribution in [2.45, 2.75) is 56.6 Å². The fourth-order valence-electron chi connectivity index (χ4n) is 2.72. The van der Waals surface area contributed by atoms with Crippen LogP contribution in [-0.4, -0.2) is 12.1 Å². The number of rotatable bonds is 4. The van der Waals surface area contributed by atoms with Crippen LogP contribution in [0.5, 0.6) is 5.75 Å². The van der Waals surface area contributed by atoms with Gasteiger partial charge in [0, 0.05) is 11.5 Å². The van der Waals surface area contributed by atoms with E-state index in [0.29, 0.717) is 6.10 Å². The van der Waals surface area contributed by atoms with Crippen LogP contribution in [0.25, 0.3) is 0 Å². The maximum Gasteiger partial charge on any atom is 0.138 e. The van der Waals surface area contributed by atoms with E-state index in [0.717, 1.165) is 23.6 Å². The van der Waals surface area contributed by atoms with Crippen molar-refractivity contribution in [1.82, 2.24) is 0 Å². The van der Waals surface area contributed by atoms with Gasteiger partial charge < -0.3 is 10.5 Å². The van der Waals surface area contributed by atoms with Gasteiger partial charge in [0.1, 0.15) is 5.75 Å². The highest BCUT2D eigenvalue weighted by atomic mass is 35.5. The summed E-state index contributed by atoms with van der Waals surface area (Å²) in [5.74, 6) is 0.825. The van der Waals surface area contributed by atoms with E-state index in [1.807, 2.05) is 12.1 Å². The summed E-state index contributed by atoms with van der Waals surface area (Å²) in [6.07, 6.45) is 6.29. The van der Waals surface area contributed by atoms with E-state index in [2.05, 4.69) is 13.0 Å². The topological polar surface area (TPSA) is 35.2 Å². The standard InChI is InChI=1S/C15H20ClNO/c1-10(17)15(7-8-15)11-5-6-14(13(16)9-11)18-12-3-2-4-12/h5-6,9-10,12H,2-4,7-8,17H2,1H3. The van der Waals surface area contributed by atoms with Gasteiger partial charge >= 0.3 is 0 Å². The van der Waals surface area contributed by atoms with Crippen LogP contribution in [0.3, 0.4) is 0 Å². The van der Waals surface area contributed by atoms with Crippen LogP contribution >= 0.6 is 11.6 Å². The van der Waals surface area contributed by atoms with Crippen LogP contribution in [0.15, 0.2) is 18.2 Å². The van der Waals surface area contributed by atoms with Crippen molar-refractivity contribution in [2.24, 2.45) is 5.73 Å². The summed E-state index contributed by atoms with van der Waals surface area (Å²) in [6.45, 7) is 2.08. The first-order chi connectivity index (χ1) is 8.62. The van der Waals surface area contributed by atoms with Gasteiger partial charge in [-0.05, 0) is 56.7 Å². The van der Waals surface area contributed by atoms with E-state index in [1.165, 1.54) is 24.8 Å². The Balaban J connectivity index is 1.80. The second kappa shape index (κ2) is 4.43. The number of halogens is 1. The zero-order valence-corrected chi connectivity index (χ0v) is 11.5. The first-order valence-corrected chi connectivity index (χ1v) is 7.22. The van der Waals surface area contributed by atoms with Gasteiger partial charge in [0.15, 0.2) is 0 Å². The lowest BCUT2D eigenvalue weighted by Crippen LogP contribution is -2.31. The first kappa shape index (κ1) is 12.3. The average molecular weight is 266 g/mol. The molecule has 98 valence electrons. The Labute approximate surface area is 113 Å². The maximum absolute atomic E-state index is 6.33. The molecule has 2 nitrogen and oxygen atoms in total. The van der Waals surface area contributed by atoms with Gasteiger partial charge in [-0.3, -0.25) is 0 Å². The minimum atomic E-state index is 0.165. The van der Waals surface area contributed by atoms with Gasteiger partial charge in [0.05, 0.1) is 11.1 Å². The summed E-state index contributed by atoms with van der Waals surface area (Å²) < 4.78 is 5.87. The normalized spacial score (nSPS) is 23.3. The largest absolute Gasteiger partial charge is 0.489 e. The third kappa shape index (κ3) is 2.02. The molecule has 1 aromatic rings. The molecule has 2 N–H and O–H groups in total. The highest BCUT2D eigenvalue weighted by molar-refractivity contribution is 6.32. The molecule has 0 aromatic heterocycles. The van der Waals surface area contributed by atoms with E-state index < -0.39 is 0 Å². The van der Waals surface area contributed by atoms with Crippen LogP contribution < -0.4 is 10.5 Å². The molecule has 0 heterocycles. The SMILES string of the molecule is CC(N)C1(c2ccc(OC3CCC3)c(Cl)c2)CC1. The first-order valence-electron chi connectivity index (χ1n) is 6.84. The molecule has 0 radical (unpaired) electrons. The quantitative estimate of drug-likeness (QED) is 0.902. The van der Waals surface area contributed by atoms with Crippen molar-refractivity contribution in [3.05, 3.63) is 28.8 Å². The molecule has 2 aliphatic carbocycles. The lowest BCUT2D eigenvalue weighted by atomic mass is 9.89. The summed E-state index contributed by atoms with van der Waals surface area (Å²) in [6, 6.07) is 6.38. The second-order valence-corrected chi connectivity index (χ2v) is 6.17. The molecule has 3 rings (SSSR count). The molecule has 0 saturated heterocycles. The molecule has 0 amide bonds. The molecule has 0 bridgehead atoms. The zero-order chi connectivity index (χ0) is 12.8. The van der Waals surface area contributed by atoms with Crippen LogP contribution in [0.2, 0.25) is 5.02 Å². The molecule has 0 aliphatic heterocycles. The van der Waals surface area contributed by atoms with Crippen molar-refractivity contribution in [3.8, 4) is 5.75 Å². The maximum atomic E-state index is 6.33. The van der Waals surface area contributed by atoms with E-state index in [1.54, 1.807) is 0 Å². The van der Waals surface area contributed by atoms with Crippen molar-refractivity contribution >= 4 is 11.6 Å². The molecule has 2 fully saturated rings. The number of ether oxygens (including phenoxy) is 1. The van der Waals surface area contributed by atoms with Crippen molar-refractivity contribution < 1.29 is 4.74 Å². The van der Waals surface area contributed by atoms with Gasteiger partial charge in [-0.2, -0.15) is 0 Å². The van der Waals surface area contributed by atoms with E-state index in [9.17, 15) is 0 Å². The van der Waals surface area contributed by atoms with Crippen LogP contribution in [0.4, 0.5) is 0 Å². The van der Waals surface area contributed by atoms with E-state index >= 15 is 0 Å². The Bertz CT molecular complexity index is 450. The van der Waals surface area contributed by atoms with Crippen LogP contribution in [-0.2, 0) is 5.41 Å². The number of hydrogen-bond donors (Lipinski definition) is 1. The molecule has 1 unspecified atom stereocenters. The predicted molar refractivity (Wildman–Crippen MR) is 74.3 cm³/mol. The number of nitrogens with two attached hydrogens (primary N) is 1. The zero-order valence-electron chi connectivity index (χ0n) is 10.8. The van der Waals surface area contributed by atoms with Gasteiger partial charge in [-0.1, -0.05) is 17.7 Å². The van der Waals surface area contributed by atoms with E-state index in [4.69, 9.17) is 22.1 Å². The van der Waals surface area contributed by atoms with Gasteiger partial charge in [-0.15, -0.1) is 0 Å². The second-order valence-electron chi connectivity index (χ2n) is 5.76. The fraction of sp³-hybridized carbons (Fsp3) is 0.600. The fourth-order valence-corrected chi connectivity index (χ4v) is 2.94. The monoisotopic (exact) mass is 265 g/mol. The highest BCUT2D eigenvalue weighted by Crippen LogP contribution is 2.51. The molecular formula is C15H20ClNO. The van der Waals surface area contributed by atoms with E-state index in [-0.39, 0.29) is 11.5 Å². The minimum Gasteiger partial charge on any atom is -0.489 e. The predicted octanol–water partition coefficient (Wildman–Crippen LogP) is 3.65.